The highest BCUT2D eigenvalue weighted by atomic mass is 79.9. The van der Waals surface area contributed by atoms with E-state index in [2.05, 4.69) is 28.1 Å². The Morgan fingerprint density at radius 2 is 1.95 bits per heavy atom. The molecule has 0 aliphatic carbocycles. The molecule has 108 valence electrons. The number of nitrogen functional groups attached to an aromatic ring is 1. The van der Waals surface area contributed by atoms with Gasteiger partial charge in [0.15, 0.2) is 0 Å². The molecule has 2 aromatic rings. The summed E-state index contributed by atoms with van der Waals surface area (Å²) in [6, 6.07) is 15.8. The number of carbonyl (C=O) groups is 1. The second-order valence-electron chi connectivity index (χ2n) is 5.38. The monoisotopic (exact) mass is 344 g/mol. The summed E-state index contributed by atoms with van der Waals surface area (Å²) in [4.78, 5) is 14.5. The number of anilines is 1. The van der Waals surface area contributed by atoms with E-state index in [1.807, 2.05) is 29.2 Å². The minimum Gasteiger partial charge on any atom is -0.398 e. The minimum atomic E-state index is 0.0206. The van der Waals surface area contributed by atoms with Crippen LogP contribution < -0.4 is 5.73 Å². The zero-order valence-corrected chi connectivity index (χ0v) is 13.2. The highest BCUT2D eigenvalue weighted by Gasteiger charge is 2.28. The van der Waals surface area contributed by atoms with Crippen LogP contribution in [-0.2, 0) is 0 Å². The Hall–Kier alpha value is -1.81. The first kappa shape index (κ1) is 14.1. The van der Waals surface area contributed by atoms with E-state index in [9.17, 15) is 4.79 Å². The summed E-state index contributed by atoms with van der Waals surface area (Å²) < 4.78 is 0.874. The number of likely N-dealkylation sites (tertiary alicyclic amines) is 1. The van der Waals surface area contributed by atoms with E-state index in [1.165, 1.54) is 5.56 Å². The van der Waals surface area contributed by atoms with Crippen molar-refractivity contribution in [1.82, 2.24) is 4.90 Å². The Labute approximate surface area is 132 Å². The number of benzene rings is 2. The van der Waals surface area contributed by atoms with Gasteiger partial charge in [-0.3, -0.25) is 4.79 Å². The lowest BCUT2D eigenvalue weighted by atomic mass is 9.99. The van der Waals surface area contributed by atoms with Crippen molar-refractivity contribution in [3.8, 4) is 0 Å². The summed E-state index contributed by atoms with van der Waals surface area (Å²) >= 11 is 3.40. The summed E-state index contributed by atoms with van der Waals surface area (Å²) in [6.07, 6.45) is 1.00. The molecule has 1 unspecified atom stereocenters. The van der Waals surface area contributed by atoms with Crippen LogP contribution in [0.1, 0.15) is 28.3 Å². The van der Waals surface area contributed by atoms with Gasteiger partial charge in [-0.15, -0.1) is 0 Å². The lowest BCUT2D eigenvalue weighted by Crippen LogP contribution is -2.29. The Morgan fingerprint density at radius 1 is 1.19 bits per heavy atom. The molecule has 0 saturated carbocycles. The summed E-state index contributed by atoms with van der Waals surface area (Å²) in [5.74, 6) is 0.441. The van der Waals surface area contributed by atoms with Gasteiger partial charge in [0, 0.05) is 29.2 Å². The number of hydrogen-bond donors (Lipinski definition) is 1. The van der Waals surface area contributed by atoms with E-state index in [4.69, 9.17) is 5.73 Å². The smallest absolute Gasteiger partial charge is 0.256 e. The van der Waals surface area contributed by atoms with Gasteiger partial charge < -0.3 is 10.6 Å². The number of nitrogens with zero attached hydrogens (tertiary/aromatic N) is 1. The zero-order valence-electron chi connectivity index (χ0n) is 11.6. The van der Waals surface area contributed by atoms with E-state index in [-0.39, 0.29) is 5.91 Å². The van der Waals surface area contributed by atoms with Gasteiger partial charge >= 0.3 is 0 Å². The molecule has 1 amide bonds. The zero-order chi connectivity index (χ0) is 14.8. The Bertz CT molecular complexity index is 657. The molecular formula is C17H17BrN2O. The van der Waals surface area contributed by atoms with Crippen LogP contribution in [0.25, 0.3) is 0 Å². The predicted octanol–water partition coefficient (Wildman–Crippen LogP) is 3.66. The maximum atomic E-state index is 12.6. The van der Waals surface area contributed by atoms with Crippen LogP contribution in [0.3, 0.4) is 0 Å². The van der Waals surface area contributed by atoms with Crippen LogP contribution in [0.4, 0.5) is 5.69 Å². The van der Waals surface area contributed by atoms with Crippen molar-refractivity contribution in [2.24, 2.45) is 0 Å². The molecule has 0 aromatic heterocycles. The van der Waals surface area contributed by atoms with E-state index in [0.717, 1.165) is 24.0 Å². The number of carbonyl (C=O) groups excluding carboxylic acids is 1. The molecule has 0 spiro atoms. The van der Waals surface area contributed by atoms with Crippen molar-refractivity contribution in [2.45, 2.75) is 12.3 Å². The Kier molecular flexibility index (Phi) is 3.97. The van der Waals surface area contributed by atoms with E-state index >= 15 is 0 Å². The molecule has 1 saturated heterocycles. The number of hydrogen-bond acceptors (Lipinski definition) is 2. The molecule has 2 N–H and O–H groups in total. The first-order valence-corrected chi connectivity index (χ1v) is 7.83. The number of nitrogens with two attached hydrogens (primary N) is 1. The van der Waals surface area contributed by atoms with Gasteiger partial charge in [-0.2, -0.15) is 0 Å². The minimum absolute atomic E-state index is 0.0206. The van der Waals surface area contributed by atoms with Crippen molar-refractivity contribution in [3.05, 3.63) is 64.1 Å². The normalized spacial score (nSPS) is 18.0. The Balaban J connectivity index is 1.77. The highest BCUT2D eigenvalue weighted by Crippen LogP contribution is 2.29. The average molecular weight is 345 g/mol. The number of amides is 1. The van der Waals surface area contributed by atoms with Crippen molar-refractivity contribution < 1.29 is 4.79 Å². The van der Waals surface area contributed by atoms with E-state index in [0.29, 0.717) is 17.2 Å². The molecule has 0 radical (unpaired) electrons. The van der Waals surface area contributed by atoms with Gasteiger partial charge in [0.2, 0.25) is 0 Å². The maximum Gasteiger partial charge on any atom is 0.256 e. The number of halogens is 1. The van der Waals surface area contributed by atoms with Crippen molar-refractivity contribution in [2.75, 3.05) is 18.8 Å². The van der Waals surface area contributed by atoms with Crippen molar-refractivity contribution in [3.63, 3.8) is 0 Å². The molecule has 4 heteroatoms. The molecule has 3 nitrogen and oxygen atoms in total. The lowest BCUT2D eigenvalue weighted by Gasteiger charge is -2.18. The fraction of sp³-hybridized carbons (Fsp3) is 0.235. The molecule has 0 bridgehead atoms. The molecule has 1 aliphatic rings. The molecule has 1 aliphatic heterocycles. The highest BCUT2D eigenvalue weighted by molar-refractivity contribution is 9.10. The Morgan fingerprint density at radius 3 is 2.71 bits per heavy atom. The van der Waals surface area contributed by atoms with E-state index < -0.39 is 0 Å². The van der Waals surface area contributed by atoms with Crippen LogP contribution in [0.2, 0.25) is 0 Å². The van der Waals surface area contributed by atoms with Crippen molar-refractivity contribution >= 4 is 27.5 Å². The van der Waals surface area contributed by atoms with Gasteiger partial charge in [-0.1, -0.05) is 46.3 Å². The molecular weight excluding hydrogens is 328 g/mol. The van der Waals surface area contributed by atoms with Gasteiger partial charge in [-0.05, 0) is 30.2 Å². The summed E-state index contributed by atoms with van der Waals surface area (Å²) in [5, 5.41) is 0. The fourth-order valence-corrected chi connectivity index (χ4v) is 3.19. The van der Waals surface area contributed by atoms with E-state index in [1.54, 1.807) is 12.1 Å². The third-order valence-electron chi connectivity index (χ3n) is 3.99. The third-order valence-corrected chi connectivity index (χ3v) is 4.49. The number of rotatable bonds is 2. The van der Waals surface area contributed by atoms with Gasteiger partial charge in [0.05, 0.1) is 5.56 Å². The van der Waals surface area contributed by atoms with Crippen LogP contribution in [-0.4, -0.2) is 23.9 Å². The van der Waals surface area contributed by atoms with Crippen LogP contribution in [0.5, 0.6) is 0 Å². The first-order valence-electron chi connectivity index (χ1n) is 7.04. The second-order valence-corrected chi connectivity index (χ2v) is 6.29. The van der Waals surface area contributed by atoms with Gasteiger partial charge in [-0.25, -0.2) is 0 Å². The molecule has 2 aromatic carbocycles. The van der Waals surface area contributed by atoms with Crippen LogP contribution >= 0.6 is 15.9 Å². The standard InChI is InChI=1S/C17H17BrN2O/c18-14-6-7-16(19)15(10-14)17(21)20-9-8-13(11-20)12-4-2-1-3-5-12/h1-7,10,13H,8-9,11,19H2. The SMILES string of the molecule is Nc1ccc(Br)cc1C(=O)N1CCC(c2ccccc2)C1. The lowest BCUT2D eigenvalue weighted by molar-refractivity contribution is 0.0792. The summed E-state index contributed by atoms with van der Waals surface area (Å²) in [5.41, 5.74) is 8.35. The predicted molar refractivity (Wildman–Crippen MR) is 88.3 cm³/mol. The summed E-state index contributed by atoms with van der Waals surface area (Å²) in [6.45, 7) is 1.54. The molecule has 1 atom stereocenters. The molecule has 1 fully saturated rings. The van der Waals surface area contributed by atoms with Gasteiger partial charge in [0.25, 0.3) is 5.91 Å². The topological polar surface area (TPSA) is 46.3 Å². The van der Waals surface area contributed by atoms with Gasteiger partial charge in [0.1, 0.15) is 0 Å². The third kappa shape index (κ3) is 2.95. The second kappa shape index (κ2) is 5.90. The molecule has 21 heavy (non-hydrogen) atoms. The summed E-state index contributed by atoms with van der Waals surface area (Å²) in [7, 11) is 0. The molecule has 1 heterocycles. The van der Waals surface area contributed by atoms with Crippen molar-refractivity contribution in [1.29, 1.82) is 0 Å². The average Bonchev–Trinajstić information content (AvgIpc) is 3.00. The molecule has 3 rings (SSSR count). The first-order chi connectivity index (χ1) is 10.1. The largest absolute Gasteiger partial charge is 0.398 e. The van der Waals surface area contributed by atoms with Crippen LogP contribution in [0, 0.1) is 0 Å². The quantitative estimate of drug-likeness (QED) is 0.845. The van der Waals surface area contributed by atoms with Crippen LogP contribution in [0.15, 0.2) is 53.0 Å². The fourth-order valence-electron chi connectivity index (χ4n) is 2.83. The maximum absolute atomic E-state index is 12.6.